The summed E-state index contributed by atoms with van der Waals surface area (Å²) in [4.78, 5) is 43.5. The molecule has 2 aromatic heterocycles. The fourth-order valence-electron chi connectivity index (χ4n) is 3.96. The first-order valence-electron chi connectivity index (χ1n) is 10.5. The highest BCUT2D eigenvalue weighted by molar-refractivity contribution is 7.89. The highest BCUT2D eigenvalue weighted by Gasteiger charge is 2.30. The van der Waals surface area contributed by atoms with Crippen molar-refractivity contribution in [2.45, 2.75) is 25.3 Å². The topological polar surface area (TPSA) is 120 Å². The van der Waals surface area contributed by atoms with E-state index in [1.165, 1.54) is 33.9 Å². The normalized spacial score (nSPS) is 15.3. The number of hydrogen-bond donors (Lipinski definition) is 0. The Morgan fingerprint density at radius 2 is 1.67 bits per heavy atom. The van der Waals surface area contributed by atoms with Crippen molar-refractivity contribution in [3.63, 3.8) is 0 Å². The predicted octanol–water partition coefficient (Wildman–Crippen LogP) is -0.416. The first kappa shape index (κ1) is 22.9. The van der Waals surface area contributed by atoms with E-state index in [1.54, 1.807) is 23.1 Å². The molecule has 176 valence electrons. The molecule has 0 N–H and O–H groups in total. The van der Waals surface area contributed by atoms with E-state index in [0.29, 0.717) is 0 Å². The molecule has 0 radical (unpaired) electrons. The number of fused-ring (bicyclic) bond motifs is 1. The Kier molecular flexibility index (Phi) is 5.74. The van der Waals surface area contributed by atoms with Crippen molar-refractivity contribution in [2.75, 3.05) is 26.2 Å². The van der Waals surface area contributed by atoms with E-state index in [0.717, 1.165) is 15.7 Å². The molecule has 0 atom stereocenters. The molecule has 1 aliphatic heterocycles. The summed E-state index contributed by atoms with van der Waals surface area (Å²) < 4.78 is 31.1. The minimum absolute atomic E-state index is 0.131. The minimum atomic E-state index is -3.64. The van der Waals surface area contributed by atoms with Gasteiger partial charge in [-0.15, -0.1) is 0 Å². The van der Waals surface area contributed by atoms with Gasteiger partial charge in [-0.3, -0.25) is 18.7 Å². The van der Waals surface area contributed by atoms with Crippen LogP contribution in [0, 0.1) is 13.8 Å². The van der Waals surface area contributed by atoms with E-state index in [1.807, 2.05) is 13.8 Å². The zero-order valence-electron chi connectivity index (χ0n) is 19.0. The van der Waals surface area contributed by atoms with E-state index < -0.39 is 21.3 Å². The van der Waals surface area contributed by atoms with Crippen LogP contribution in [-0.2, 0) is 35.5 Å². The van der Waals surface area contributed by atoms with Gasteiger partial charge in [0.1, 0.15) is 6.54 Å². The van der Waals surface area contributed by atoms with Crippen LogP contribution in [0.3, 0.4) is 0 Å². The third-order valence-electron chi connectivity index (χ3n) is 6.23. The lowest BCUT2D eigenvalue weighted by atomic mass is 10.1. The largest absolute Gasteiger partial charge is 0.339 e. The molecular formula is C21H26N6O5S. The molecular weight excluding hydrogens is 448 g/mol. The first-order chi connectivity index (χ1) is 15.5. The van der Waals surface area contributed by atoms with Gasteiger partial charge < -0.3 is 9.47 Å². The summed E-state index contributed by atoms with van der Waals surface area (Å²) in [5.41, 5.74) is 1.28. The van der Waals surface area contributed by atoms with Gasteiger partial charge in [-0.2, -0.15) is 4.31 Å². The molecule has 1 saturated heterocycles. The first-order valence-corrected chi connectivity index (χ1v) is 11.9. The number of amides is 1. The van der Waals surface area contributed by atoms with Crippen molar-refractivity contribution in [2.24, 2.45) is 14.1 Å². The minimum Gasteiger partial charge on any atom is -0.339 e. The molecule has 1 aromatic carbocycles. The molecule has 3 heterocycles. The van der Waals surface area contributed by atoms with Gasteiger partial charge in [0.05, 0.1) is 11.2 Å². The fourth-order valence-corrected chi connectivity index (χ4v) is 5.47. The van der Waals surface area contributed by atoms with Gasteiger partial charge in [0.2, 0.25) is 15.9 Å². The van der Waals surface area contributed by atoms with Crippen molar-refractivity contribution >= 4 is 27.1 Å². The number of sulfonamides is 1. The number of benzene rings is 1. The number of carbonyl (C=O) groups excluding carboxylic acids is 1. The third kappa shape index (κ3) is 3.89. The second-order valence-corrected chi connectivity index (χ2v) is 10.2. The second kappa shape index (κ2) is 8.27. The standard InChI is InChI=1S/C21H26N6O5S/c1-14-5-6-16(11-15(14)2)33(31,32)27-9-7-25(8-10-27)17(28)12-26-13-22-19-18(26)20(29)24(4)21(30)23(19)3/h5-6,11,13H,7-10,12H2,1-4H3. The number of carbonyl (C=O) groups is 1. The van der Waals surface area contributed by atoms with Crippen LogP contribution in [0.1, 0.15) is 11.1 Å². The van der Waals surface area contributed by atoms with Crippen LogP contribution < -0.4 is 11.2 Å². The van der Waals surface area contributed by atoms with E-state index in [4.69, 9.17) is 0 Å². The van der Waals surface area contributed by atoms with Crippen molar-refractivity contribution in [1.82, 2.24) is 27.9 Å². The highest BCUT2D eigenvalue weighted by Crippen LogP contribution is 2.20. The number of imidazole rings is 1. The SMILES string of the molecule is Cc1ccc(S(=O)(=O)N2CCN(C(=O)Cn3cnc4c3c(=O)n(C)c(=O)n4C)CC2)cc1C. The Balaban J connectivity index is 1.49. The summed E-state index contributed by atoms with van der Waals surface area (Å²) >= 11 is 0. The average molecular weight is 475 g/mol. The van der Waals surface area contributed by atoms with Crippen LogP contribution in [0.4, 0.5) is 0 Å². The molecule has 0 bridgehead atoms. The van der Waals surface area contributed by atoms with E-state index in [9.17, 15) is 22.8 Å². The van der Waals surface area contributed by atoms with E-state index >= 15 is 0 Å². The smallest absolute Gasteiger partial charge is 0.332 e. The molecule has 33 heavy (non-hydrogen) atoms. The monoisotopic (exact) mass is 474 g/mol. The van der Waals surface area contributed by atoms with Crippen molar-refractivity contribution in [1.29, 1.82) is 0 Å². The van der Waals surface area contributed by atoms with Crippen LogP contribution in [-0.4, -0.2) is 68.4 Å². The molecule has 1 amide bonds. The van der Waals surface area contributed by atoms with Crippen LogP contribution in [0.2, 0.25) is 0 Å². The lowest BCUT2D eigenvalue weighted by Gasteiger charge is -2.34. The molecule has 0 aliphatic carbocycles. The third-order valence-corrected chi connectivity index (χ3v) is 8.12. The fraction of sp³-hybridized carbons (Fsp3) is 0.429. The van der Waals surface area contributed by atoms with E-state index in [-0.39, 0.29) is 54.7 Å². The Morgan fingerprint density at radius 3 is 2.30 bits per heavy atom. The maximum absolute atomic E-state index is 13.0. The number of rotatable bonds is 4. The van der Waals surface area contributed by atoms with Crippen LogP contribution in [0.25, 0.3) is 11.2 Å². The predicted molar refractivity (Wildman–Crippen MR) is 121 cm³/mol. The van der Waals surface area contributed by atoms with Crippen LogP contribution >= 0.6 is 0 Å². The number of hydrogen-bond acceptors (Lipinski definition) is 6. The molecule has 4 rings (SSSR count). The second-order valence-electron chi connectivity index (χ2n) is 8.28. The number of nitrogens with zero attached hydrogens (tertiary/aromatic N) is 6. The van der Waals surface area contributed by atoms with E-state index in [2.05, 4.69) is 4.98 Å². The lowest BCUT2D eigenvalue weighted by Crippen LogP contribution is -2.51. The Labute approximate surface area is 190 Å². The molecule has 0 unspecified atom stereocenters. The van der Waals surface area contributed by atoms with Crippen LogP contribution in [0.5, 0.6) is 0 Å². The number of aryl methyl sites for hydroxylation is 3. The maximum Gasteiger partial charge on any atom is 0.332 e. The summed E-state index contributed by atoms with van der Waals surface area (Å²) in [6, 6.07) is 5.06. The Bertz CT molecular complexity index is 1480. The van der Waals surface area contributed by atoms with Gasteiger partial charge in [0.15, 0.2) is 11.2 Å². The van der Waals surface area contributed by atoms with Crippen LogP contribution in [0.15, 0.2) is 39.0 Å². The number of aromatic nitrogens is 4. The molecule has 12 heteroatoms. The van der Waals surface area contributed by atoms with Gasteiger partial charge in [0, 0.05) is 40.3 Å². The zero-order chi connectivity index (χ0) is 24.1. The molecule has 0 spiro atoms. The number of piperazine rings is 1. The summed E-state index contributed by atoms with van der Waals surface area (Å²) in [7, 11) is -0.759. The molecule has 1 aliphatic rings. The summed E-state index contributed by atoms with van der Waals surface area (Å²) in [6.07, 6.45) is 1.36. The Morgan fingerprint density at radius 1 is 1.00 bits per heavy atom. The molecule has 11 nitrogen and oxygen atoms in total. The van der Waals surface area contributed by atoms with Gasteiger partial charge >= 0.3 is 5.69 Å². The maximum atomic E-state index is 13.0. The van der Waals surface area contributed by atoms with Gasteiger partial charge in [-0.25, -0.2) is 18.2 Å². The van der Waals surface area contributed by atoms with Crippen molar-refractivity contribution in [3.05, 3.63) is 56.5 Å². The average Bonchev–Trinajstić information content (AvgIpc) is 3.21. The molecule has 0 saturated carbocycles. The lowest BCUT2D eigenvalue weighted by molar-refractivity contribution is -0.132. The van der Waals surface area contributed by atoms with Crippen molar-refractivity contribution in [3.8, 4) is 0 Å². The van der Waals surface area contributed by atoms with Gasteiger partial charge in [0.25, 0.3) is 5.56 Å². The summed E-state index contributed by atoms with van der Waals surface area (Å²) in [6.45, 7) is 4.51. The summed E-state index contributed by atoms with van der Waals surface area (Å²) in [5, 5.41) is 0. The van der Waals surface area contributed by atoms with Gasteiger partial charge in [-0.1, -0.05) is 6.07 Å². The zero-order valence-corrected chi connectivity index (χ0v) is 19.8. The van der Waals surface area contributed by atoms with Crippen molar-refractivity contribution < 1.29 is 13.2 Å². The Hall–Kier alpha value is -3.25. The molecule has 1 fully saturated rings. The molecule has 3 aromatic rings. The highest BCUT2D eigenvalue weighted by atomic mass is 32.2. The quantitative estimate of drug-likeness (QED) is 0.507. The van der Waals surface area contributed by atoms with Gasteiger partial charge in [-0.05, 0) is 37.1 Å². The summed E-state index contributed by atoms with van der Waals surface area (Å²) in [5.74, 6) is -0.256.